The lowest BCUT2D eigenvalue weighted by Gasteiger charge is -2.38. The number of alkyl halides is 6. The zero-order chi connectivity index (χ0) is 25.1. The maximum atomic E-state index is 13.4. The van der Waals surface area contributed by atoms with Gasteiger partial charge in [0.1, 0.15) is 6.04 Å². The number of rotatable bonds is 6. The van der Waals surface area contributed by atoms with E-state index in [0.29, 0.717) is 25.2 Å². The summed E-state index contributed by atoms with van der Waals surface area (Å²) < 4.78 is 78.9. The van der Waals surface area contributed by atoms with Gasteiger partial charge in [-0.1, -0.05) is 30.3 Å². The second kappa shape index (κ2) is 13.0. The maximum Gasteiger partial charge on any atom is 0.416 e. The SMILES string of the molecule is CN1CCN(C(C(=O)N(C)CCc2cc(C(F)(F)F)cc(C(F)(F)F)c2)c2ccccc2)CC1.Cl.Cl. The first kappa shape index (κ1) is 32.0. The summed E-state index contributed by atoms with van der Waals surface area (Å²) >= 11 is 0. The Hall–Kier alpha value is -2.01. The average molecular weight is 560 g/mol. The summed E-state index contributed by atoms with van der Waals surface area (Å²) in [6, 6.07) is 10.1. The molecule has 2 aromatic rings. The van der Waals surface area contributed by atoms with Crippen LogP contribution < -0.4 is 0 Å². The van der Waals surface area contributed by atoms with E-state index in [0.717, 1.165) is 18.7 Å². The molecule has 1 aliphatic heterocycles. The number of nitrogens with zero attached hydrogens (tertiary/aromatic N) is 3. The quantitative estimate of drug-likeness (QED) is 0.434. The fourth-order valence-electron chi connectivity index (χ4n) is 4.00. The zero-order valence-corrected chi connectivity index (χ0v) is 21.4. The Balaban J connectivity index is 0.00000324. The van der Waals surface area contributed by atoms with E-state index >= 15 is 0 Å². The van der Waals surface area contributed by atoms with Crippen molar-refractivity contribution in [1.29, 1.82) is 0 Å². The van der Waals surface area contributed by atoms with Gasteiger partial charge in [0.25, 0.3) is 0 Å². The highest BCUT2D eigenvalue weighted by Crippen LogP contribution is 2.36. The molecule has 1 unspecified atom stereocenters. The smallest absolute Gasteiger partial charge is 0.344 e. The summed E-state index contributed by atoms with van der Waals surface area (Å²) in [6.45, 7) is 2.88. The van der Waals surface area contributed by atoms with Gasteiger partial charge in [-0.3, -0.25) is 9.69 Å². The van der Waals surface area contributed by atoms with E-state index in [1.165, 1.54) is 11.9 Å². The highest BCUT2D eigenvalue weighted by molar-refractivity contribution is 5.85. The molecule has 0 saturated carbocycles. The predicted octanol–water partition coefficient (Wildman–Crippen LogP) is 5.56. The molecule has 0 radical (unpaired) electrons. The number of carbonyl (C=O) groups excluding carboxylic acids is 1. The molecule has 3 rings (SSSR count). The van der Waals surface area contributed by atoms with Gasteiger partial charge in [0.05, 0.1) is 11.1 Å². The van der Waals surface area contributed by atoms with Crippen molar-refractivity contribution < 1.29 is 31.1 Å². The first-order chi connectivity index (χ1) is 15.9. The Labute approximate surface area is 219 Å². The van der Waals surface area contributed by atoms with Crippen molar-refractivity contribution in [3.63, 3.8) is 0 Å². The molecule has 0 aromatic heterocycles. The number of hydrogen-bond acceptors (Lipinski definition) is 3. The maximum absolute atomic E-state index is 13.4. The highest BCUT2D eigenvalue weighted by Gasteiger charge is 2.37. The van der Waals surface area contributed by atoms with Crippen LogP contribution in [0.5, 0.6) is 0 Å². The molecule has 1 fully saturated rings. The number of benzene rings is 2. The molecular formula is C24H29Cl2F6N3O. The van der Waals surface area contributed by atoms with Gasteiger partial charge in [0.2, 0.25) is 5.91 Å². The van der Waals surface area contributed by atoms with Crippen LogP contribution in [0.25, 0.3) is 0 Å². The van der Waals surface area contributed by atoms with Crippen molar-refractivity contribution in [2.45, 2.75) is 24.8 Å². The number of carbonyl (C=O) groups is 1. The molecular weight excluding hydrogens is 531 g/mol. The number of piperazine rings is 1. The summed E-state index contributed by atoms with van der Waals surface area (Å²) in [6.07, 6.45) is -9.95. The molecule has 1 atom stereocenters. The third-order valence-electron chi connectivity index (χ3n) is 6.01. The minimum absolute atomic E-state index is 0. The molecule has 0 bridgehead atoms. The van der Waals surface area contributed by atoms with E-state index < -0.39 is 29.5 Å². The number of likely N-dealkylation sites (N-methyl/N-ethyl adjacent to an activating group) is 2. The van der Waals surface area contributed by atoms with Gasteiger partial charge < -0.3 is 9.80 Å². The lowest BCUT2D eigenvalue weighted by Crippen LogP contribution is -2.50. The molecule has 2 aromatic carbocycles. The molecule has 1 amide bonds. The first-order valence-electron chi connectivity index (χ1n) is 10.9. The minimum atomic E-state index is -4.91. The molecule has 12 heteroatoms. The van der Waals surface area contributed by atoms with Crippen LogP contribution in [0.1, 0.15) is 28.3 Å². The molecule has 0 aliphatic carbocycles. The Morgan fingerprint density at radius 2 is 1.39 bits per heavy atom. The highest BCUT2D eigenvalue weighted by atomic mass is 35.5. The third-order valence-corrected chi connectivity index (χ3v) is 6.01. The Morgan fingerprint density at radius 1 is 0.889 bits per heavy atom. The second-order valence-corrected chi connectivity index (χ2v) is 8.58. The Morgan fingerprint density at radius 3 is 1.86 bits per heavy atom. The van der Waals surface area contributed by atoms with Crippen molar-refractivity contribution in [1.82, 2.24) is 14.7 Å². The van der Waals surface area contributed by atoms with E-state index in [-0.39, 0.29) is 55.3 Å². The van der Waals surface area contributed by atoms with Gasteiger partial charge in [0.15, 0.2) is 0 Å². The van der Waals surface area contributed by atoms with Gasteiger partial charge in [-0.05, 0) is 42.8 Å². The molecule has 1 aliphatic rings. The zero-order valence-electron chi connectivity index (χ0n) is 19.8. The van der Waals surface area contributed by atoms with Crippen molar-refractivity contribution >= 4 is 30.7 Å². The fraction of sp³-hybridized carbons (Fsp3) is 0.458. The van der Waals surface area contributed by atoms with Crippen LogP contribution in [-0.2, 0) is 23.6 Å². The molecule has 4 nitrogen and oxygen atoms in total. The largest absolute Gasteiger partial charge is 0.416 e. The summed E-state index contributed by atoms with van der Waals surface area (Å²) in [7, 11) is 3.51. The van der Waals surface area contributed by atoms with E-state index in [9.17, 15) is 31.1 Å². The van der Waals surface area contributed by atoms with Gasteiger partial charge in [0, 0.05) is 39.8 Å². The molecule has 0 spiro atoms. The van der Waals surface area contributed by atoms with E-state index in [4.69, 9.17) is 0 Å². The van der Waals surface area contributed by atoms with Gasteiger partial charge in [-0.15, -0.1) is 24.8 Å². The van der Waals surface area contributed by atoms with Crippen molar-refractivity contribution in [2.24, 2.45) is 0 Å². The van der Waals surface area contributed by atoms with E-state index in [1.807, 2.05) is 37.4 Å². The lowest BCUT2D eigenvalue weighted by molar-refractivity contribution is -0.143. The average Bonchev–Trinajstić information content (AvgIpc) is 2.78. The molecule has 1 saturated heterocycles. The monoisotopic (exact) mass is 559 g/mol. The van der Waals surface area contributed by atoms with Gasteiger partial charge >= 0.3 is 12.4 Å². The third kappa shape index (κ3) is 8.26. The number of amides is 1. The normalized spacial score (nSPS) is 16.0. The summed E-state index contributed by atoms with van der Waals surface area (Å²) in [5.74, 6) is -0.251. The van der Waals surface area contributed by atoms with Gasteiger partial charge in [-0.25, -0.2) is 0 Å². The second-order valence-electron chi connectivity index (χ2n) is 8.58. The van der Waals surface area contributed by atoms with Crippen molar-refractivity contribution in [3.8, 4) is 0 Å². The fourth-order valence-corrected chi connectivity index (χ4v) is 4.00. The Bertz CT molecular complexity index is 948. The van der Waals surface area contributed by atoms with Crippen LogP contribution in [0.2, 0.25) is 0 Å². The van der Waals surface area contributed by atoms with Crippen molar-refractivity contribution in [3.05, 3.63) is 70.8 Å². The predicted molar refractivity (Wildman–Crippen MR) is 131 cm³/mol. The molecule has 202 valence electrons. The van der Waals surface area contributed by atoms with Crippen LogP contribution in [-0.4, -0.2) is 67.4 Å². The minimum Gasteiger partial charge on any atom is -0.344 e. The van der Waals surface area contributed by atoms with Crippen LogP contribution >= 0.6 is 24.8 Å². The Kier molecular flexibility index (Phi) is 11.5. The topological polar surface area (TPSA) is 26.8 Å². The number of hydrogen-bond donors (Lipinski definition) is 0. The lowest BCUT2D eigenvalue weighted by atomic mass is 10.0. The first-order valence-corrected chi connectivity index (χ1v) is 10.9. The van der Waals surface area contributed by atoms with Gasteiger partial charge in [-0.2, -0.15) is 26.3 Å². The molecule has 36 heavy (non-hydrogen) atoms. The van der Waals surface area contributed by atoms with Crippen LogP contribution in [0.15, 0.2) is 48.5 Å². The van der Waals surface area contributed by atoms with E-state index in [2.05, 4.69) is 9.80 Å². The van der Waals surface area contributed by atoms with E-state index in [1.54, 1.807) is 0 Å². The molecule has 0 N–H and O–H groups in total. The standard InChI is InChI=1S/C24H27F6N3O.2ClH/c1-31-10-12-33(13-11-31)21(18-6-4-3-5-7-18)22(34)32(2)9-8-17-14-19(23(25,26)27)16-20(15-17)24(28,29)30;;/h3-7,14-16,21H,8-13H2,1-2H3;2*1H. The van der Waals surface area contributed by atoms with Crippen LogP contribution in [0.3, 0.4) is 0 Å². The van der Waals surface area contributed by atoms with Crippen molar-refractivity contribution in [2.75, 3.05) is 46.8 Å². The van der Waals surface area contributed by atoms with Crippen LogP contribution in [0.4, 0.5) is 26.3 Å². The summed E-state index contributed by atoms with van der Waals surface area (Å²) in [5.41, 5.74) is -2.04. The molecule has 1 heterocycles. The summed E-state index contributed by atoms with van der Waals surface area (Å²) in [4.78, 5) is 19.0. The number of halogens is 8. The summed E-state index contributed by atoms with van der Waals surface area (Å²) in [5, 5.41) is 0. The van der Waals surface area contributed by atoms with Crippen LogP contribution in [0, 0.1) is 0 Å².